The van der Waals surface area contributed by atoms with Crippen LogP contribution in [0.2, 0.25) is 0 Å². The molecule has 150 valence electrons. The molecule has 0 aliphatic carbocycles. The fourth-order valence-corrected chi connectivity index (χ4v) is 2.93. The fraction of sp³-hybridized carbons (Fsp3) is 0.222. The zero-order valence-corrected chi connectivity index (χ0v) is 16.4. The number of hydrogen-bond donors (Lipinski definition) is 3. The maximum absolute atomic E-state index is 13.1. The van der Waals surface area contributed by atoms with Gasteiger partial charge in [-0.25, -0.2) is 18.7 Å². The molecule has 8 nitrogen and oxygen atoms in total. The summed E-state index contributed by atoms with van der Waals surface area (Å²) in [6.07, 6.45) is 0.999. The zero-order chi connectivity index (χ0) is 21.1. The van der Waals surface area contributed by atoms with Crippen molar-refractivity contribution in [3.8, 4) is 0 Å². The van der Waals surface area contributed by atoms with Crippen molar-refractivity contribution in [2.45, 2.75) is 13.0 Å². The Morgan fingerprint density at radius 1 is 1.07 bits per heavy atom. The summed E-state index contributed by atoms with van der Waals surface area (Å²) in [5.41, 5.74) is 2.85. The first-order valence-electron chi connectivity index (χ1n) is 8.19. The molecule has 2 rings (SSSR count). The number of hydrogen-bond acceptors (Lipinski definition) is 5. The van der Waals surface area contributed by atoms with E-state index < -0.39 is 33.7 Å². The third kappa shape index (κ3) is 5.05. The van der Waals surface area contributed by atoms with Crippen molar-refractivity contribution in [2.75, 3.05) is 17.6 Å². The summed E-state index contributed by atoms with van der Waals surface area (Å²) in [6.45, 7) is 1.71. The smallest absolute Gasteiger partial charge is 0.265 e. The molecule has 0 fully saturated rings. The molecule has 0 radical (unpaired) electrons. The number of sulfonamides is 1. The van der Waals surface area contributed by atoms with Gasteiger partial charge in [-0.15, -0.1) is 0 Å². The van der Waals surface area contributed by atoms with Crippen molar-refractivity contribution < 1.29 is 22.4 Å². The molecule has 2 aromatic rings. The van der Waals surface area contributed by atoms with Crippen molar-refractivity contribution in [2.24, 2.45) is 5.84 Å². The number of carbonyl (C=O) groups excluding carboxylic acids is 2. The molecular weight excluding hydrogens is 387 g/mol. The Bertz CT molecular complexity index is 993. The van der Waals surface area contributed by atoms with E-state index in [4.69, 9.17) is 5.84 Å². The molecule has 0 aliphatic rings. The van der Waals surface area contributed by atoms with Gasteiger partial charge in [0.15, 0.2) is 0 Å². The van der Waals surface area contributed by atoms with Gasteiger partial charge in [-0.05, 0) is 42.8 Å². The highest BCUT2D eigenvalue weighted by Crippen LogP contribution is 2.22. The second kappa shape index (κ2) is 8.36. The van der Waals surface area contributed by atoms with Gasteiger partial charge in [0, 0.05) is 18.2 Å². The molecule has 0 aliphatic heterocycles. The van der Waals surface area contributed by atoms with Crippen LogP contribution in [0.1, 0.15) is 39.2 Å². The van der Waals surface area contributed by atoms with Crippen LogP contribution >= 0.6 is 0 Å². The minimum absolute atomic E-state index is 0.0232. The first-order valence-corrected chi connectivity index (χ1v) is 10.0. The van der Waals surface area contributed by atoms with E-state index in [-0.39, 0.29) is 16.8 Å². The van der Waals surface area contributed by atoms with Gasteiger partial charge in [-0.3, -0.25) is 19.3 Å². The zero-order valence-electron chi connectivity index (χ0n) is 15.6. The number of carbonyl (C=O) groups is 2. The van der Waals surface area contributed by atoms with Gasteiger partial charge in [0.1, 0.15) is 5.82 Å². The van der Waals surface area contributed by atoms with Gasteiger partial charge in [0.25, 0.3) is 11.8 Å². The Kier molecular flexibility index (Phi) is 6.37. The second-order valence-corrected chi connectivity index (χ2v) is 8.23. The first-order chi connectivity index (χ1) is 13.0. The minimum Gasteiger partial charge on any atom is -0.346 e. The van der Waals surface area contributed by atoms with Crippen LogP contribution in [0.25, 0.3) is 0 Å². The molecule has 28 heavy (non-hydrogen) atoms. The van der Waals surface area contributed by atoms with Crippen LogP contribution in [0.3, 0.4) is 0 Å². The number of rotatable bonds is 6. The van der Waals surface area contributed by atoms with E-state index in [1.54, 1.807) is 19.1 Å². The summed E-state index contributed by atoms with van der Waals surface area (Å²) in [5.74, 6) is 3.54. The number of nitrogen functional groups attached to an aromatic ring is 1. The summed E-state index contributed by atoms with van der Waals surface area (Å²) in [4.78, 5) is 24.6. The van der Waals surface area contributed by atoms with Crippen LogP contribution in [-0.2, 0) is 10.0 Å². The molecule has 10 heteroatoms. The molecule has 0 unspecified atom stereocenters. The number of nitrogens with one attached hydrogen (secondary N) is 2. The summed E-state index contributed by atoms with van der Waals surface area (Å²) >= 11 is 0. The second-order valence-electron chi connectivity index (χ2n) is 6.22. The van der Waals surface area contributed by atoms with Gasteiger partial charge in [0.05, 0.1) is 18.0 Å². The van der Waals surface area contributed by atoms with Crippen LogP contribution in [0, 0.1) is 5.82 Å². The third-order valence-corrected chi connectivity index (χ3v) is 5.36. The van der Waals surface area contributed by atoms with Crippen molar-refractivity contribution in [1.82, 2.24) is 10.7 Å². The summed E-state index contributed by atoms with van der Waals surface area (Å²) in [5, 5.41) is 2.73. The SMILES string of the molecule is C[C@@H](NC(=O)c1cc(C(=O)NN)cc(N(C)S(C)(=O)=O)c1)c1ccc(F)cc1. The quantitative estimate of drug-likeness (QED) is 0.378. The number of nitrogens with two attached hydrogens (primary N) is 1. The summed E-state index contributed by atoms with van der Waals surface area (Å²) in [6, 6.07) is 9.16. The predicted octanol–water partition coefficient (Wildman–Crippen LogP) is 1.32. The van der Waals surface area contributed by atoms with E-state index in [2.05, 4.69) is 5.32 Å². The largest absolute Gasteiger partial charge is 0.346 e. The number of halogens is 1. The lowest BCUT2D eigenvalue weighted by Gasteiger charge is -2.19. The van der Waals surface area contributed by atoms with Crippen LogP contribution < -0.4 is 20.9 Å². The van der Waals surface area contributed by atoms with Gasteiger partial charge in [0.2, 0.25) is 10.0 Å². The van der Waals surface area contributed by atoms with Gasteiger partial charge < -0.3 is 5.32 Å². The highest BCUT2D eigenvalue weighted by Gasteiger charge is 2.19. The first kappa shape index (κ1) is 21.3. The number of benzene rings is 2. The molecule has 4 N–H and O–H groups in total. The van der Waals surface area contributed by atoms with Crippen LogP contribution in [0.4, 0.5) is 10.1 Å². The number of hydrazine groups is 1. The molecule has 0 heterocycles. The van der Waals surface area contributed by atoms with Crippen molar-refractivity contribution in [3.63, 3.8) is 0 Å². The lowest BCUT2D eigenvalue weighted by molar-refractivity contribution is 0.0940. The average molecular weight is 408 g/mol. The summed E-state index contributed by atoms with van der Waals surface area (Å²) in [7, 11) is -2.31. The molecule has 0 aromatic heterocycles. The van der Waals surface area contributed by atoms with Crippen molar-refractivity contribution in [3.05, 3.63) is 65.0 Å². The molecule has 0 bridgehead atoms. The minimum atomic E-state index is -3.61. The van der Waals surface area contributed by atoms with E-state index in [0.717, 1.165) is 10.6 Å². The standard InChI is InChI=1S/C18H21FN4O4S/c1-11(12-4-6-15(19)7-5-12)21-17(24)13-8-14(18(25)22-20)10-16(9-13)23(2)28(3,26)27/h4-11H,20H2,1-3H3,(H,21,24)(H,22,25)/t11-/m1/s1. The molecule has 0 saturated carbocycles. The van der Waals surface area contributed by atoms with Crippen molar-refractivity contribution >= 4 is 27.5 Å². The topological polar surface area (TPSA) is 122 Å². The average Bonchev–Trinajstić information content (AvgIpc) is 2.65. The maximum Gasteiger partial charge on any atom is 0.265 e. The van der Waals surface area contributed by atoms with E-state index in [1.165, 1.54) is 37.4 Å². The van der Waals surface area contributed by atoms with E-state index in [0.29, 0.717) is 5.56 Å². The number of anilines is 1. The van der Waals surface area contributed by atoms with Gasteiger partial charge in [-0.1, -0.05) is 12.1 Å². The fourth-order valence-electron chi connectivity index (χ4n) is 2.44. The van der Waals surface area contributed by atoms with E-state index >= 15 is 0 Å². The Morgan fingerprint density at radius 2 is 1.61 bits per heavy atom. The Balaban J connectivity index is 2.38. The lowest BCUT2D eigenvalue weighted by Crippen LogP contribution is -2.32. The van der Waals surface area contributed by atoms with Crippen LogP contribution in [0.15, 0.2) is 42.5 Å². The molecule has 0 spiro atoms. The molecule has 2 aromatic carbocycles. The predicted molar refractivity (Wildman–Crippen MR) is 104 cm³/mol. The van der Waals surface area contributed by atoms with Crippen LogP contribution in [-0.4, -0.2) is 33.5 Å². The Morgan fingerprint density at radius 3 is 2.11 bits per heavy atom. The normalized spacial score (nSPS) is 12.2. The highest BCUT2D eigenvalue weighted by atomic mass is 32.2. The summed E-state index contributed by atoms with van der Waals surface area (Å²) < 4.78 is 37.6. The van der Waals surface area contributed by atoms with E-state index in [1.807, 2.05) is 5.43 Å². The monoisotopic (exact) mass is 408 g/mol. The maximum atomic E-state index is 13.1. The Hall–Kier alpha value is -2.98. The van der Waals surface area contributed by atoms with Crippen molar-refractivity contribution in [1.29, 1.82) is 0 Å². The molecule has 2 amide bonds. The number of amides is 2. The van der Waals surface area contributed by atoms with Crippen LogP contribution in [0.5, 0.6) is 0 Å². The highest BCUT2D eigenvalue weighted by molar-refractivity contribution is 7.92. The van der Waals surface area contributed by atoms with E-state index in [9.17, 15) is 22.4 Å². The molecule has 0 saturated heterocycles. The Labute approximate surface area is 162 Å². The third-order valence-electron chi connectivity index (χ3n) is 4.15. The number of nitrogens with zero attached hydrogens (tertiary/aromatic N) is 1. The van der Waals surface area contributed by atoms with Gasteiger partial charge in [-0.2, -0.15) is 0 Å². The molecular formula is C18H21FN4O4S. The van der Waals surface area contributed by atoms with Gasteiger partial charge >= 0.3 is 0 Å². The lowest BCUT2D eigenvalue weighted by atomic mass is 10.1. The molecule has 1 atom stereocenters.